The second kappa shape index (κ2) is 5.65. The molecule has 1 aliphatic carbocycles. The minimum absolute atomic E-state index is 0.177. The Morgan fingerprint density at radius 1 is 1.09 bits per heavy atom. The highest BCUT2D eigenvalue weighted by Gasteiger charge is 2.45. The maximum Gasteiger partial charge on any atom is 0.319 e. The van der Waals surface area contributed by atoms with Crippen LogP contribution in [0.3, 0.4) is 0 Å². The molecule has 1 aliphatic rings. The largest absolute Gasteiger partial charge is 0.328 e. The Morgan fingerprint density at radius 3 is 2.36 bits per heavy atom. The third kappa shape index (κ3) is 3.09. The van der Waals surface area contributed by atoms with Crippen LogP contribution in [0.25, 0.3) is 0 Å². The summed E-state index contributed by atoms with van der Waals surface area (Å²) in [5.41, 5.74) is 3.91. The van der Waals surface area contributed by atoms with Crippen molar-refractivity contribution in [2.75, 3.05) is 5.32 Å². The zero-order valence-electron chi connectivity index (χ0n) is 12.7. The van der Waals surface area contributed by atoms with Crippen molar-refractivity contribution in [3.05, 3.63) is 64.2 Å². The van der Waals surface area contributed by atoms with Crippen LogP contribution in [0.1, 0.15) is 29.5 Å². The molecule has 0 unspecified atom stereocenters. The zero-order chi connectivity index (χ0) is 15.7. The lowest BCUT2D eigenvalue weighted by Crippen LogP contribution is -2.38. The lowest BCUT2D eigenvalue weighted by atomic mass is 10.0. The van der Waals surface area contributed by atoms with Gasteiger partial charge in [0.2, 0.25) is 0 Å². The van der Waals surface area contributed by atoms with Gasteiger partial charge in [0.15, 0.2) is 0 Å². The number of aryl methyl sites for hydroxylation is 2. The van der Waals surface area contributed by atoms with Crippen molar-refractivity contribution < 1.29 is 4.79 Å². The van der Waals surface area contributed by atoms with Crippen LogP contribution < -0.4 is 10.6 Å². The van der Waals surface area contributed by atoms with Crippen molar-refractivity contribution >= 4 is 23.3 Å². The highest BCUT2D eigenvalue weighted by molar-refractivity contribution is 6.30. The quantitative estimate of drug-likeness (QED) is 0.842. The summed E-state index contributed by atoms with van der Waals surface area (Å²) in [4.78, 5) is 12.3. The van der Waals surface area contributed by atoms with Gasteiger partial charge in [-0.2, -0.15) is 0 Å². The fourth-order valence-electron chi connectivity index (χ4n) is 2.62. The number of urea groups is 1. The molecule has 0 saturated heterocycles. The van der Waals surface area contributed by atoms with Gasteiger partial charge in [-0.25, -0.2) is 4.79 Å². The van der Waals surface area contributed by atoms with E-state index in [0.29, 0.717) is 5.02 Å². The average molecular weight is 315 g/mol. The highest BCUT2D eigenvalue weighted by Crippen LogP contribution is 2.45. The van der Waals surface area contributed by atoms with Gasteiger partial charge in [0.25, 0.3) is 0 Å². The number of nitrogens with one attached hydrogen (secondary N) is 2. The van der Waals surface area contributed by atoms with Crippen LogP contribution >= 0.6 is 11.6 Å². The molecule has 0 aliphatic heterocycles. The topological polar surface area (TPSA) is 41.1 Å². The Kier molecular flexibility index (Phi) is 3.83. The summed E-state index contributed by atoms with van der Waals surface area (Å²) in [6.45, 7) is 3.99. The molecule has 1 saturated carbocycles. The summed E-state index contributed by atoms with van der Waals surface area (Å²) >= 11 is 5.93. The molecular formula is C18H19ClN2O. The number of benzene rings is 2. The van der Waals surface area contributed by atoms with Gasteiger partial charge in [-0.15, -0.1) is 0 Å². The Labute approximate surface area is 135 Å². The molecule has 2 aromatic rings. The standard InChI is InChI=1S/C18H19ClN2O/c1-12-3-5-14(6-4-12)18(9-10-18)21-17(22)20-16-8-7-15(19)11-13(16)2/h3-8,11H,9-10H2,1-2H3,(H2,20,21,22). The summed E-state index contributed by atoms with van der Waals surface area (Å²) in [6.07, 6.45) is 1.95. The first-order chi connectivity index (χ1) is 10.5. The van der Waals surface area contributed by atoms with Crippen LogP contribution in [0.5, 0.6) is 0 Å². The first-order valence-corrected chi connectivity index (χ1v) is 7.79. The Hall–Kier alpha value is -2.00. The van der Waals surface area contributed by atoms with E-state index < -0.39 is 0 Å². The molecule has 2 N–H and O–H groups in total. The minimum Gasteiger partial charge on any atom is -0.328 e. The van der Waals surface area contributed by atoms with Crippen molar-refractivity contribution in [3.63, 3.8) is 0 Å². The molecule has 0 atom stereocenters. The van der Waals surface area contributed by atoms with E-state index in [-0.39, 0.29) is 11.6 Å². The summed E-state index contributed by atoms with van der Waals surface area (Å²) in [7, 11) is 0. The van der Waals surface area contributed by atoms with E-state index in [1.807, 2.05) is 19.1 Å². The van der Waals surface area contributed by atoms with Gasteiger partial charge in [0.05, 0.1) is 5.54 Å². The molecule has 3 rings (SSSR count). The van der Waals surface area contributed by atoms with Crippen LogP contribution in [0.2, 0.25) is 5.02 Å². The first-order valence-electron chi connectivity index (χ1n) is 7.41. The van der Waals surface area contributed by atoms with E-state index in [2.05, 4.69) is 41.8 Å². The molecule has 3 nitrogen and oxygen atoms in total. The van der Waals surface area contributed by atoms with E-state index >= 15 is 0 Å². The van der Waals surface area contributed by atoms with Crippen LogP contribution in [-0.4, -0.2) is 6.03 Å². The van der Waals surface area contributed by atoms with Gasteiger partial charge in [-0.3, -0.25) is 0 Å². The molecule has 2 aromatic carbocycles. The van der Waals surface area contributed by atoms with E-state index in [1.54, 1.807) is 6.07 Å². The third-order valence-electron chi connectivity index (χ3n) is 4.14. The predicted molar refractivity (Wildman–Crippen MR) is 90.4 cm³/mol. The number of anilines is 1. The number of hydrogen-bond donors (Lipinski definition) is 2. The summed E-state index contributed by atoms with van der Waals surface area (Å²) in [5.74, 6) is 0. The number of rotatable bonds is 3. The molecule has 0 radical (unpaired) electrons. The van der Waals surface area contributed by atoms with Gasteiger partial charge < -0.3 is 10.6 Å². The van der Waals surface area contributed by atoms with Crippen molar-refractivity contribution in [3.8, 4) is 0 Å². The number of halogens is 1. The SMILES string of the molecule is Cc1ccc(C2(NC(=O)Nc3ccc(Cl)cc3C)CC2)cc1. The molecule has 0 spiro atoms. The predicted octanol–water partition coefficient (Wildman–Crippen LogP) is 4.77. The van der Waals surface area contributed by atoms with Crippen molar-refractivity contribution in [2.45, 2.75) is 32.2 Å². The summed E-state index contributed by atoms with van der Waals surface area (Å²) < 4.78 is 0. The van der Waals surface area contributed by atoms with Crippen molar-refractivity contribution in [1.82, 2.24) is 5.32 Å². The lowest BCUT2D eigenvalue weighted by molar-refractivity contribution is 0.247. The molecule has 4 heteroatoms. The normalized spacial score (nSPS) is 15.2. The molecule has 0 heterocycles. The van der Waals surface area contributed by atoms with E-state index in [9.17, 15) is 4.79 Å². The summed E-state index contributed by atoms with van der Waals surface area (Å²) in [5, 5.41) is 6.68. The van der Waals surface area contributed by atoms with Crippen molar-refractivity contribution in [1.29, 1.82) is 0 Å². The van der Waals surface area contributed by atoms with E-state index in [1.165, 1.54) is 11.1 Å². The smallest absolute Gasteiger partial charge is 0.319 e. The van der Waals surface area contributed by atoms with Crippen LogP contribution in [-0.2, 0) is 5.54 Å². The molecule has 2 amide bonds. The van der Waals surface area contributed by atoms with Crippen LogP contribution in [0.15, 0.2) is 42.5 Å². The molecule has 22 heavy (non-hydrogen) atoms. The molecule has 0 bridgehead atoms. The maximum atomic E-state index is 12.3. The average Bonchev–Trinajstić information content (AvgIpc) is 3.23. The van der Waals surface area contributed by atoms with Gasteiger partial charge in [0, 0.05) is 10.7 Å². The Balaban J connectivity index is 1.70. The zero-order valence-corrected chi connectivity index (χ0v) is 13.5. The fourth-order valence-corrected chi connectivity index (χ4v) is 2.85. The van der Waals surface area contributed by atoms with E-state index in [4.69, 9.17) is 11.6 Å². The number of carbonyl (C=O) groups excluding carboxylic acids is 1. The molecule has 0 aromatic heterocycles. The second-order valence-corrected chi connectivity index (χ2v) is 6.42. The van der Waals surface area contributed by atoms with Crippen LogP contribution in [0.4, 0.5) is 10.5 Å². The molecule has 1 fully saturated rings. The number of carbonyl (C=O) groups is 1. The van der Waals surface area contributed by atoms with E-state index in [0.717, 1.165) is 24.1 Å². The van der Waals surface area contributed by atoms with Gasteiger partial charge in [0.1, 0.15) is 0 Å². The second-order valence-electron chi connectivity index (χ2n) is 5.99. The van der Waals surface area contributed by atoms with Gasteiger partial charge in [-0.05, 0) is 56.0 Å². The first kappa shape index (κ1) is 14.9. The Morgan fingerprint density at radius 2 is 1.77 bits per heavy atom. The molecular weight excluding hydrogens is 296 g/mol. The lowest BCUT2D eigenvalue weighted by Gasteiger charge is -2.19. The molecule has 114 valence electrons. The number of hydrogen-bond acceptors (Lipinski definition) is 1. The third-order valence-corrected chi connectivity index (χ3v) is 4.38. The summed E-state index contributed by atoms with van der Waals surface area (Å²) in [6, 6.07) is 13.6. The Bertz CT molecular complexity index is 706. The highest BCUT2D eigenvalue weighted by atomic mass is 35.5. The maximum absolute atomic E-state index is 12.3. The monoisotopic (exact) mass is 314 g/mol. The fraction of sp³-hybridized carbons (Fsp3) is 0.278. The van der Waals surface area contributed by atoms with Crippen LogP contribution in [0, 0.1) is 13.8 Å². The minimum atomic E-state index is -0.210. The number of amides is 2. The van der Waals surface area contributed by atoms with Crippen molar-refractivity contribution in [2.24, 2.45) is 0 Å². The van der Waals surface area contributed by atoms with Gasteiger partial charge >= 0.3 is 6.03 Å². The van der Waals surface area contributed by atoms with Gasteiger partial charge in [-0.1, -0.05) is 41.4 Å².